The maximum absolute atomic E-state index is 13.3. The lowest BCUT2D eigenvalue weighted by molar-refractivity contribution is -0.118. The highest BCUT2D eigenvalue weighted by atomic mass is 32.2. The number of carbonyl (C=O) groups excluding carboxylic acids is 1. The summed E-state index contributed by atoms with van der Waals surface area (Å²) in [7, 11) is 0. The van der Waals surface area contributed by atoms with E-state index in [9.17, 15) is 14.4 Å². The number of nitrogens with two attached hydrogens (primary N) is 2. The number of halogens is 1. The molecule has 1 aliphatic rings. The lowest BCUT2D eigenvalue weighted by atomic mass is 9.83. The van der Waals surface area contributed by atoms with Crippen LogP contribution in [0.15, 0.2) is 32.8 Å². The first kappa shape index (κ1) is 17.3. The van der Waals surface area contributed by atoms with E-state index in [2.05, 4.69) is 19.9 Å². The Bertz CT molecular complexity index is 827. The molecule has 0 fully saturated rings. The first-order valence-electron chi connectivity index (χ1n) is 7.26. The fourth-order valence-corrected chi connectivity index (χ4v) is 3.19. The maximum atomic E-state index is 13.3. The number of benzene rings is 1. The van der Waals surface area contributed by atoms with Crippen LogP contribution in [0.25, 0.3) is 0 Å². The molecule has 1 aromatic heterocycles. The fourth-order valence-electron chi connectivity index (χ4n) is 2.33. The normalized spacial score (nSPS) is 17.6. The summed E-state index contributed by atoms with van der Waals surface area (Å²) in [4.78, 5) is 15.3. The molecule has 0 spiro atoms. The number of fused-ring (bicyclic) bond motifs is 1. The van der Waals surface area contributed by atoms with E-state index in [1.54, 1.807) is 6.07 Å². The molecule has 9 nitrogen and oxygen atoms in total. The van der Waals surface area contributed by atoms with E-state index >= 15 is 0 Å². The van der Waals surface area contributed by atoms with E-state index in [-0.39, 0.29) is 34.2 Å². The highest BCUT2D eigenvalue weighted by molar-refractivity contribution is 7.99. The Kier molecular flexibility index (Phi) is 4.97. The zero-order valence-corrected chi connectivity index (χ0v) is 13.7. The van der Waals surface area contributed by atoms with Crippen LogP contribution in [0.1, 0.15) is 22.9 Å². The molecule has 3 rings (SSSR count). The lowest BCUT2D eigenvalue weighted by Gasteiger charge is -2.27. The summed E-state index contributed by atoms with van der Waals surface area (Å²) in [6.45, 7) is 0. The summed E-state index contributed by atoms with van der Waals surface area (Å²) in [5.41, 5.74) is 14.5. The van der Waals surface area contributed by atoms with Crippen LogP contribution in [0.3, 0.4) is 0 Å². The fraction of sp³-hybridized carbons (Fsp3) is 0.286. The summed E-state index contributed by atoms with van der Waals surface area (Å²) in [6, 6.07) is 3.32. The van der Waals surface area contributed by atoms with Crippen molar-refractivity contribution in [1.82, 2.24) is 15.8 Å². The maximum Gasteiger partial charge on any atom is 0.235 e. The number of primary amides is 1. The van der Waals surface area contributed by atoms with Crippen LogP contribution >= 0.6 is 11.8 Å². The number of aromatic nitrogens is 2. The molecule has 132 valence electrons. The Balaban J connectivity index is 1.78. The van der Waals surface area contributed by atoms with Gasteiger partial charge in [0, 0.05) is 5.75 Å². The molecule has 11 heteroatoms. The molecule has 2 aromatic rings. The molecule has 0 saturated carbocycles. The molecule has 1 unspecified atom stereocenters. The number of amides is 1. The lowest BCUT2D eigenvalue weighted by Crippen LogP contribution is -2.38. The highest BCUT2D eigenvalue weighted by Gasteiger charge is 2.28. The number of nitrogens with one attached hydrogen (secondary N) is 1. The molecule has 2 atom stereocenters. The average Bonchev–Trinajstić information content (AvgIpc) is 3.04. The van der Waals surface area contributed by atoms with Crippen molar-refractivity contribution in [1.29, 1.82) is 0 Å². The third-order valence-corrected chi connectivity index (χ3v) is 4.79. The molecule has 0 saturated heterocycles. The summed E-state index contributed by atoms with van der Waals surface area (Å²) in [5.74, 6) is -0.812. The molecule has 0 radical (unpaired) electrons. The van der Waals surface area contributed by atoms with Crippen LogP contribution in [0.5, 0.6) is 0 Å². The van der Waals surface area contributed by atoms with E-state index in [0.717, 1.165) is 22.9 Å². The van der Waals surface area contributed by atoms with Gasteiger partial charge in [-0.15, -0.1) is 0 Å². The Morgan fingerprint density at radius 1 is 1.56 bits per heavy atom. The number of amidine groups is 1. The summed E-state index contributed by atoms with van der Waals surface area (Å²) < 4.78 is 18.0. The van der Waals surface area contributed by atoms with E-state index in [1.165, 1.54) is 12.1 Å². The van der Waals surface area contributed by atoms with Gasteiger partial charge in [-0.2, -0.15) is 0 Å². The minimum Gasteiger partial charge on any atom is -0.368 e. The first-order chi connectivity index (χ1) is 12.0. The minimum atomic E-state index is -0.862. The topological polar surface area (TPSA) is 153 Å². The summed E-state index contributed by atoms with van der Waals surface area (Å²) in [6.07, 6.45) is 0.612. The van der Waals surface area contributed by atoms with Gasteiger partial charge in [0.2, 0.25) is 5.91 Å². The third-order valence-electron chi connectivity index (χ3n) is 3.72. The molecule has 0 aliphatic heterocycles. The Labute approximate surface area is 145 Å². The van der Waals surface area contributed by atoms with Gasteiger partial charge in [0.25, 0.3) is 0 Å². The van der Waals surface area contributed by atoms with Gasteiger partial charge in [-0.3, -0.25) is 20.5 Å². The molecule has 1 amide bonds. The summed E-state index contributed by atoms with van der Waals surface area (Å²) >= 11 is 1.09. The van der Waals surface area contributed by atoms with Crippen molar-refractivity contribution in [3.63, 3.8) is 0 Å². The smallest absolute Gasteiger partial charge is 0.235 e. The van der Waals surface area contributed by atoms with E-state index in [1.807, 2.05) is 5.48 Å². The number of hydrogen-bond donors (Lipinski definition) is 4. The van der Waals surface area contributed by atoms with Crippen molar-refractivity contribution < 1.29 is 19.0 Å². The number of rotatable bonds is 6. The van der Waals surface area contributed by atoms with Gasteiger partial charge in [0.15, 0.2) is 16.6 Å². The van der Waals surface area contributed by atoms with Crippen LogP contribution in [0.4, 0.5) is 4.39 Å². The highest BCUT2D eigenvalue weighted by Crippen LogP contribution is 2.37. The second-order valence-corrected chi connectivity index (χ2v) is 6.40. The van der Waals surface area contributed by atoms with Crippen molar-refractivity contribution in [2.45, 2.75) is 23.5 Å². The third kappa shape index (κ3) is 3.62. The van der Waals surface area contributed by atoms with Gasteiger partial charge in [-0.1, -0.05) is 17.8 Å². The van der Waals surface area contributed by atoms with Gasteiger partial charge in [0.05, 0.1) is 12.1 Å². The van der Waals surface area contributed by atoms with Crippen LogP contribution in [-0.2, 0) is 11.2 Å². The predicted octanol–water partition coefficient (Wildman–Crippen LogP) is 0.136. The van der Waals surface area contributed by atoms with Crippen molar-refractivity contribution in [2.75, 3.05) is 5.75 Å². The molecule has 0 bridgehead atoms. The first-order valence-corrected chi connectivity index (χ1v) is 8.25. The van der Waals surface area contributed by atoms with Crippen molar-refractivity contribution in [3.8, 4) is 0 Å². The Morgan fingerprint density at radius 2 is 2.36 bits per heavy atom. The number of hydroxylamine groups is 1. The quantitative estimate of drug-likeness (QED) is 0.244. The number of aliphatic imine (C=N–C) groups is 1. The zero-order valence-electron chi connectivity index (χ0n) is 12.8. The number of thioether (sulfide) groups is 1. The molecule has 1 aromatic carbocycles. The van der Waals surface area contributed by atoms with Crippen LogP contribution in [0, 0.1) is 5.82 Å². The van der Waals surface area contributed by atoms with Crippen LogP contribution < -0.4 is 16.9 Å². The van der Waals surface area contributed by atoms with Crippen molar-refractivity contribution in [2.24, 2.45) is 16.5 Å². The number of nitrogens with zero attached hydrogens (tertiary/aromatic N) is 3. The summed E-state index contributed by atoms with van der Waals surface area (Å²) in [5, 5.41) is 17.1. The Morgan fingerprint density at radius 3 is 3.08 bits per heavy atom. The largest absolute Gasteiger partial charge is 0.368 e. The zero-order chi connectivity index (χ0) is 18.0. The molecule has 1 aliphatic carbocycles. The molecule has 1 heterocycles. The van der Waals surface area contributed by atoms with E-state index in [4.69, 9.17) is 11.5 Å². The molecular weight excluding hydrogens is 351 g/mol. The van der Waals surface area contributed by atoms with E-state index in [0.29, 0.717) is 6.42 Å². The van der Waals surface area contributed by atoms with Crippen molar-refractivity contribution >= 4 is 23.5 Å². The molecular formula is C14H15FN6O3S. The minimum absolute atomic E-state index is 0.0244. The molecule has 25 heavy (non-hydrogen) atoms. The number of hydrogen-bond acceptors (Lipinski definition) is 8. The van der Waals surface area contributed by atoms with Crippen LogP contribution in [0.2, 0.25) is 0 Å². The van der Waals surface area contributed by atoms with Crippen LogP contribution in [-0.4, -0.2) is 39.1 Å². The Hall–Kier alpha value is -2.50. The predicted molar refractivity (Wildman–Crippen MR) is 86.5 cm³/mol. The van der Waals surface area contributed by atoms with Gasteiger partial charge in [0.1, 0.15) is 5.82 Å². The van der Waals surface area contributed by atoms with Gasteiger partial charge in [-0.05, 0) is 40.0 Å². The second-order valence-electron chi connectivity index (χ2n) is 5.39. The van der Waals surface area contributed by atoms with Gasteiger partial charge in [-0.25, -0.2) is 9.02 Å². The van der Waals surface area contributed by atoms with Gasteiger partial charge < -0.3 is 11.5 Å². The number of carbonyl (C=O) groups is 1. The van der Waals surface area contributed by atoms with Crippen molar-refractivity contribution in [3.05, 3.63) is 40.8 Å². The van der Waals surface area contributed by atoms with E-state index < -0.39 is 11.9 Å². The second kappa shape index (κ2) is 7.17. The average molecular weight is 366 g/mol. The monoisotopic (exact) mass is 366 g/mol. The molecule has 6 N–H and O–H groups in total. The van der Waals surface area contributed by atoms with Gasteiger partial charge >= 0.3 is 0 Å². The SMILES string of the molecule is NC(=O)C(N)CSc1nonc1C(=N[C@H]1Cc2ccc(F)cc21)NO. The standard InChI is InChI=1S/C14H15FN6O3S/c15-7-2-1-6-3-10(8(6)4-7)18-13(19-23)11-14(21-24-20-11)25-5-9(16)12(17)22/h1-2,4,9-10,23H,3,5,16H2,(H2,17,22)(H,18,19)/t9?,10-/m0/s1.